The van der Waals surface area contributed by atoms with E-state index in [2.05, 4.69) is 9.97 Å². The molecule has 6 nitrogen and oxygen atoms in total. The summed E-state index contributed by atoms with van der Waals surface area (Å²) < 4.78 is 37.2. The fourth-order valence-electron chi connectivity index (χ4n) is 2.57. The molecule has 0 radical (unpaired) electrons. The lowest BCUT2D eigenvalue weighted by molar-refractivity contribution is -0.164. The predicted molar refractivity (Wildman–Crippen MR) is 74.6 cm³/mol. The Balaban J connectivity index is 1.75. The summed E-state index contributed by atoms with van der Waals surface area (Å²) in [6.07, 6.45) is -2.99. The third-order valence-corrected chi connectivity index (χ3v) is 3.66. The van der Waals surface area contributed by atoms with Gasteiger partial charge < -0.3 is 14.8 Å². The summed E-state index contributed by atoms with van der Waals surface area (Å²) in [6, 6.07) is 5.01. The van der Waals surface area contributed by atoms with E-state index in [1.165, 1.54) is 11.2 Å². The minimum atomic E-state index is -4.44. The summed E-state index contributed by atoms with van der Waals surface area (Å²) in [6.45, 7) is -1.74. The van der Waals surface area contributed by atoms with E-state index in [-0.39, 0.29) is 19.6 Å². The molecule has 23 heavy (non-hydrogen) atoms. The van der Waals surface area contributed by atoms with E-state index in [1.54, 1.807) is 18.2 Å². The number of aromatic nitrogens is 2. The molecule has 2 aromatic rings. The average Bonchev–Trinajstić information content (AvgIpc) is 2.95. The van der Waals surface area contributed by atoms with Crippen LogP contribution < -0.4 is 0 Å². The predicted octanol–water partition coefficient (Wildman–Crippen LogP) is 1.41. The first-order valence-electron chi connectivity index (χ1n) is 6.91. The number of amides is 2. The third kappa shape index (κ3) is 3.13. The Bertz CT molecular complexity index is 756. The van der Waals surface area contributed by atoms with E-state index in [9.17, 15) is 22.8 Å². The number of hydrogen-bond acceptors (Lipinski definition) is 3. The standard InChI is InChI=1S/C14H13F3N4O2/c15-14(16,17)7-21-5-4-20(6-11(21)22)13(23)9-2-1-3-10-12(9)19-8-18-10/h1-3,8H,4-7H2,(H,18,19). The number of hydrogen-bond donors (Lipinski definition) is 1. The van der Waals surface area contributed by atoms with Crippen LogP contribution in [0.15, 0.2) is 24.5 Å². The van der Waals surface area contributed by atoms with Gasteiger partial charge >= 0.3 is 6.18 Å². The van der Waals surface area contributed by atoms with Gasteiger partial charge in [0.2, 0.25) is 5.91 Å². The Morgan fingerprint density at radius 2 is 2.09 bits per heavy atom. The van der Waals surface area contributed by atoms with Crippen LogP contribution in [-0.4, -0.2) is 63.9 Å². The summed E-state index contributed by atoms with van der Waals surface area (Å²) >= 11 is 0. The highest BCUT2D eigenvalue weighted by Crippen LogP contribution is 2.20. The van der Waals surface area contributed by atoms with Gasteiger partial charge in [-0.1, -0.05) is 6.07 Å². The Morgan fingerprint density at radius 3 is 2.78 bits per heavy atom. The highest BCUT2D eigenvalue weighted by atomic mass is 19.4. The molecule has 122 valence electrons. The maximum Gasteiger partial charge on any atom is 0.406 e. The van der Waals surface area contributed by atoms with Crippen LogP contribution in [0.25, 0.3) is 11.0 Å². The van der Waals surface area contributed by atoms with E-state index in [0.29, 0.717) is 16.6 Å². The molecule has 1 N–H and O–H groups in total. The summed E-state index contributed by atoms with van der Waals surface area (Å²) in [4.78, 5) is 33.3. The fraction of sp³-hybridized carbons (Fsp3) is 0.357. The van der Waals surface area contributed by atoms with Crippen molar-refractivity contribution in [1.29, 1.82) is 0 Å². The van der Waals surface area contributed by atoms with Gasteiger partial charge in [-0.05, 0) is 12.1 Å². The molecule has 1 fully saturated rings. The molecule has 2 heterocycles. The van der Waals surface area contributed by atoms with Gasteiger partial charge in [-0.2, -0.15) is 13.2 Å². The molecule has 0 atom stereocenters. The first-order valence-corrected chi connectivity index (χ1v) is 6.91. The molecule has 0 saturated carbocycles. The minimum absolute atomic E-state index is 0.0570. The Morgan fingerprint density at radius 1 is 1.30 bits per heavy atom. The van der Waals surface area contributed by atoms with Crippen molar-refractivity contribution in [3.63, 3.8) is 0 Å². The second kappa shape index (κ2) is 5.56. The molecular weight excluding hydrogens is 313 g/mol. The van der Waals surface area contributed by atoms with Crippen LogP contribution in [0.3, 0.4) is 0 Å². The van der Waals surface area contributed by atoms with Crippen molar-refractivity contribution < 1.29 is 22.8 Å². The number of carbonyl (C=O) groups excluding carboxylic acids is 2. The number of fused-ring (bicyclic) bond motifs is 1. The van der Waals surface area contributed by atoms with Gasteiger partial charge in [0.1, 0.15) is 18.6 Å². The highest BCUT2D eigenvalue weighted by molar-refractivity contribution is 6.05. The van der Waals surface area contributed by atoms with Crippen molar-refractivity contribution in [3.05, 3.63) is 30.1 Å². The molecule has 9 heteroatoms. The lowest BCUT2D eigenvalue weighted by atomic mass is 10.1. The van der Waals surface area contributed by atoms with Gasteiger partial charge in [0.25, 0.3) is 5.91 Å². The first-order chi connectivity index (χ1) is 10.8. The number of rotatable bonds is 2. The molecule has 1 aromatic carbocycles. The average molecular weight is 326 g/mol. The molecule has 1 aromatic heterocycles. The number of aromatic amines is 1. The van der Waals surface area contributed by atoms with Crippen LogP contribution in [0.4, 0.5) is 13.2 Å². The molecule has 1 aliphatic heterocycles. The second-order valence-corrected chi connectivity index (χ2v) is 5.26. The molecule has 0 bridgehead atoms. The van der Waals surface area contributed by atoms with Crippen molar-refractivity contribution in [1.82, 2.24) is 19.8 Å². The zero-order valence-electron chi connectivity index (χ0n) is 11.9. The quantitative estimate of drug-likeness (QED) is 0.907. The summed E-state index contributed by atoms with van der Waals surface area (Å²) in [5.41, 5.74) is 1.47. The van der Waals surface area contributed by atoms with Crippen molar-refractivity contribution in [2.24, 2.45) is 0 Å². The van der Waals surface area contributed by atoms with E-state index >= 15 is 0 Å². The van der Waals surface area contributed by atoms with Crippen molar-refractivity contribution in [2.45, 2.75) is 6.18 Å². The van der Waals surface area contributed by atoms with Crippen LogP contribution in [-0.2, 0) is 4.79 Å². The lowest BCUT2D eigenvalue weighted by Crippen LogP contribution is -2.54. The molecular formula is C14H13F3N4O2. The Kier molecular flexibility index (Phi) is 3.70. The molecule has 1 saturated heterocycles. The van der Waals surface area contributed by atoms with Crippen LogP contribution in [0.1, 0.15) is 10.4 Å². The van der Waals surface area contributed by atoms with E-state index < -0.39 is 24.5 Å². The maximum atomic E-state index is 12.5. The van der Waals surface area contributed by atoms with Crippen molar-refractivity contribution in [3.8, 4) is 0 Å². The normalized spacial score (nSPS) is 16.2. The maximum absolute atomic E-state index is 12.5. The van der Waals surface area contributed by atoms with E-state index in [1.807, 2.05) is 0 Å². The van der Waals surface area contributed by atoms with E-state index in [0.717, 1.165) is 4.90 Å². The molecule has 0 spiro atoms. The zero-order chi connectivity index (χ0) is 16.6. The van der Waals surface area contributed by atoms with Gasteiger partial charge in [0.15, 0.2) is 0 Å². The van der Waals surface area contributed by atoms with Gasteiger partial charge in [-0.25, -0.2) is 4.98 Å². The number of nitrogens with one attached hydrogen (secondary N) is 1. The van der Waals surface area contributed by atoms with E-state index in [4.69, 9.17) is 0 Å². The number of piperazine rings is 1. The van der Waals surface area contributed by atoms with Gasteiger partial charge in [-0.3, -0.25) is 9.59 Å². The number of nitrogens with zero attached hydrogens (tertiary/aromatic N) is 3. The highest BCUT2D eigenvalue weighted by Gasteiger charge is 2.36. The molecule has 0 aliphatic carbocycles. The smallest absolute Gasteiger partial charge is 0.345 e. The monoisotopic (exact) mass is 326 g/mol. The minimum Gasteiger partial charge on any atom is -0.345 e. The SMILES string of the molecule is O=C1CN(C(=O)c2cccc3[nH]cnc23)CCN1CC(F)(F)F. The number of halogens is 3. The first kappa shape index (κ1) is 15.3. The van der Waals surface area contributed by atoms with Crippen LogP contribution in [0.5, 0.6) is 0 Å². The Hall–Kier alpha value is -2.58. The second-order valence-electron chi connectivity index (χ2n) is 5.26. The molecule has 2 amide bonds. The number of para-hydroxylation sites is 1. The Labute approximate surface area is 128 Å². The van der Waals surface area contributed by atoms with Crippen LogP contribution >= 0.6 is 0 Å². The number of H-pyrrole nitrogens is 1. The number of carbonyl (C=O) groups is 2. The third-order valence-electron chi connectivity index (χ3n) is 3.66. The number of imidazole rings is 1. The summed E-state index contributed by atoms with van der Waals surface area (Å²) in [7, 11) is 0. The molecule has 1 aliphatic rings. The molecule has 0 unspecified atom stereocenters. The number of benzene rings is 1. The van der Waals surface area contributed by atoms with Crippen LogP contribution in [0, 0.1) is 0 Å². The summed E-state index contributed by atoms with van der Waals surface area (Å²) in [5, 5.41) is 0. The molecule has 3 rings (SSSR count). The van der Waals surface area contributed by atoms with Gasteiger partial charge in [0, 0.05) is 13.1 Å². The largest absolute Gasteiger partial charge is 0.406 e. The summed E-state index contributed by atoms with van der Waals surface area (Å²) in [5.74, 6) is -1.13. The fourth-order valence-corrected chi connectivity index (χ4v) is 2.57. The zero-order valence-corrected chi connectivity index (χ0v) is 11.9. The van der Waals surface area contributed by atoms with Gasteiger partial charge in [-0.15, -0.1) is 0 Å². The van der Waals surface area contributed by atoms with Crippen molar-refractivity contribution >= 4 is 22.8 Å². The topological polar surface area (TPSA) is 69.3 Å². The van der Waals surface area contributed by atoms with Crippen molar-refractivity contribution in [2.75, 3.05) is 26.2 Å². The van der Waals surface area contributed by atoms with Gasteiger partial charge in [0.05, 0.1) is 17.4 Å². The lowest BCUT2D eigenvalue weighted by Gasteiger charge is -2.34. The number of alkyl halides is 3. The van der Waals surface area contributed by atoms with Crippen LogP contribution in [0.2, 0.25) is 0 Å².